The number of hydrogen-bond donors (Lipinski definition) is 2. The number of carboxylic acid groups (broad SMARTS) is 1. The van der Waals surface area contributed by atoms with E-state index in [1.54, 1.807) is 25.1 Å². The monoisotopic (exact) mass is 556 g/mol. The van der Waals surface area contributed by atoms with Gasteiger partial charge in [-0.2, -0.15) is 0 Å². The van der Waals surface area contributed by atoms with Crippen LogP contribution in [0.1, 0.15) is 30.3 Å². The molecule has 0 aliphatic carbocycles. The van der Waals surface area contributed by atoms with Gasteiger partial charge in [0.05, 0.1) is 17.1 Å². The highest BCUT2D eigenvalue weighted by molar-refractivity contribution is 7.98. The van der Waals surface area contributed by atoms with Gasteiger partial charge in [0.15, 0.2) is 0 Å². The van der Waals surface area contributed by atoms with Crippen LogP contribution < -0.4 is 5.32 Å². The second-order valence-corrected chi connectivity index (χ2v) is 9.65. The zero-order chi connectivity index (χ0) is 26.4. The van der Waals surface area contributed by atoms with Crippen LogP contribution in [0.4, 0.5) is 4.79 Å². The predicted octanol–water partition coefficient (Wildman–Crippen LogP) is 3.53. The molecule has 1 saturated heterocycles. The number of thioether (sulfide) groups is 1. The maximum Gasteiger partial charge on any atom is 0.409 e. The number of nitrogens with zero attached hydrogens (tertiary/aromatic N) is 3. The maximum absolute atomic E-state index is 13.2. The largest absolute Gasteiger partial charge is 0.481 e. The Labute approximate surface area is 222 Å². The Morgan fingerprint density at radius 1 is 1.14 bits per heavy atom. The Balaban J connectivity index is 1.80. The lowest BCUT2D eigenvalue weighted by Gasteiger charge is -2.35. The number of benzene rings is 1. The summed E-state index contributed by atoms with van der Waals surface area (Å²) in [4.78, 5) is 57.6. The number of carbonyl (C=O) groups is 4. The second-order valence-electron chi connectivity index (χ2n) is 7.96. The third kappa shape index (κ3) is 6.71. The molecule has 0 spiro atoms. The van der Waals surface area contributed by atoms with Crippen LogP contribution >= 0.6 is 35.0 Å². The first-order valence-corrected chi connectivity index (χ1v) is 13.2. The number of aromatic nitrogens is 1. The second kappa shape index (κ2) is 12.5. The van der Waals surface area contributed by atoms with Crippen molar-refractivity contribution in [2.24, 2.45) is 0 Å². The number of ether oxygens (including phenoxy) is 1. The fourth-order valence-electron chi connectivity index (χ4n) is 3.83. The fourth-order valence-corrected chi connectivity index (χ4v) is 5.12. The minimum Gasteiger partial charge on any atom is -0.481 e. The summed E-state index contributed by atoms with van der Waals surface area (Å²) < 4.78 is 4.99. The summed E-state index contributed by atoms with van der Waals surface area (Å²) in [6.45, 7) is 2.98. The molecule has 3 rings (SSSR count). The molecule has 0 bridgehead atoms. The van der Waals surface area contributed by atoms with Gasteiger partial charge in [-0.1, -0.05) is 23.2 Å². The van der Waals surface area contributed by atoms with Crippen LogP contribution in [0.2, 0.25) is 10.0 Å². The quantitative estimate of drug-likeness (QED) is 0.472. The molecule has 2 N–H and O–H groups in total. The molecule has 10 nitrogen and oxygen atoms in total. The third-order valence-corrected chi connectivity index (χ3v) is 6.89. The minimum absolute atomic E-state index is 0.0467. The molecule has 2 heterocycles. The molecule has 1 fully saturated rings. The van der Waals surface area contributed by atoms with E-state index in [9.17, 15) is 19.2 Å². The van der Waals surface area contributed by atoms with Crippen molar-refractivity contribution in [1.82, 2.24) is 20.1 Å². The van der Waals surface area contributed by atoms with Gasteiger partial charge in [-0.15, -0.1) is 11.8 Å². The number of nitrogens with one attached hydrogen (secondary N) is 1. The summed E-state index contributed by atoms with van der Waals surface area (Å²) in [5.41, 5.74) is 0.471. The van der Waals surface area contributed by atoms with E-state index >= 15 is 0 Å². The van der Waals surface area contributed by atoms with Crippen LogP contribution in [0.25, 0.3) is 10.9 Å². The van der Waals surface area contributed by atoms with E-state index < -0.39 is 29.9 Å². The zero-order valence-corrected chi connectivity index (χ0v) is 22.1. The van der Waals surface area contributed by atoms with Crippen molar-refractivity contribution < 1.29 is 29.0 Å². The molecule has 0 saturated carbocycles. The molecular weight excluding hydrogens is 531 g/mol. The molecular formula is C23H26Cl2N4O6S. The van der Waals surface area contributed by atoms with Gasteiger partial charge >= 0.3 is 12.1 Å². The highest BCUT2D eigenvalue weighted by atomic mass is 35.5. The van der Waals surface area contributed by atoms with E-state index in [1.165, 1.54) is 21.6 Å². The van der Waals surface area contributed by atoms with Crippen LogP contribution in [-0.4, -0.2) is 88.9 Å². The minimum atomic E-state index is -1.09. The normalized spacial score (nSPS) is 14.4. The maximum atomic E-state index is 13.2. The molecule has 2 aromatic rings. The molecule has 36 heavy (non-hydrogen) atoms. The van der Waals surface area contributed by atoms with Crippen LogP contribution in [-0.2, 0) is 14.3 Å². The molecule has 0 radical (unpaired) electrons. The summed E-state index contributed by atoms with van der Waals surface area (Å²) in [7, 11) is 0. The van der Waals surface area contributed by atoms with Crippen LogP contribution in [0.15, 0.2) is 23.1 Å². The first-order valence-electron chi connectivity index (χ1n) is 11.2. The van der Waals surface area contributed by atoms with Gasteiger partial charge in [-0.3, -0.25) is 14.4 Å². The highest BCUT2D eigenvalue weighted by Crippen LogP contribution is 2.34. The fraction of sp³-hybridized carbons (Fsp3) is 0.435. The number of piperazine rings is 1. The van der Waals surface area contributed by atoms with Gasteiger partial charge in [0.25, 0.3) is 5.91 Å². The van der Waals surface area contributed by atoms with E-state index in [0.717, 1.165) is 0 Å². The Morgan fingerprint density at radius 2 is 1.81 bits per heavy atom. The zero-order valence-electron chi connectivity index (χ0n) is 19.8. The van der Waals surface area contributed by atoms with Crippen molar-refractivity contribution >= 4 is 69.7 Å². The lowest BCUT2D eigenvalue weighted by molar-refractivity contribution is -0.138. The van der Waals surface area contributed by atoms with Crippen LogP contribution in [0.5, 0.6) is 0 Å². The number of fused-ring (bicyclic) bond motifs is 1. The molecule has 1 unspecified atom stereocenters. The topological polar surface area (TPSA) is 129 Å². The van der Waals surface area contributed by atoms with Gasteiger partial charge in [-0.05, 0) is 37.8 Å². The molecule has 194 valence electrons. The SMILES string of the molecule is CCOC(=O)N1CCN(C(=O)C(CCC(=O)O)NC(=O)c2cc(SC)c3c(Cl)cc(Cl)cc3n2)CC1. The summed E-state index contributed by atoms with van der Waals surface area (Å²) >= 11 is 13.8. The Morgan fingerprint density at radius 3 is 2.42 bits per heavy atom. The lowest BCUT2D eigenvalue weighted by atomic mass is 10.1. The third-order valence-electron chi connectivity index (χ3n) is 5.61. The average Bonchev–Trinajstić information content (AvgIpc) is 2.85. The summed E-state index contributed by atoms with van der Waals surface area (Å²) in [5, 5.41) is 13.2. The van der Waals surface area contributed by atoms with Gasteiger partial charge in [0.1, 0.15) is 11.7 Å². The van der Waals surface area contributed by atoms with Crippen LogP contribution in [0, 0.1) is 0 Å². The molecule has 1 aromatic carbocycles. The van der Waals surface area contributed by atoms with E-state index in [0.29, 0.717) is 25.8 Å². The number of halogens is 2. The Hall–Kier alpha value is -2.76. The van der Waals surface area contributed by atoms with Gasteiger partial charge in [0.2, 0.25) is 5.91 Å². The average molecular weight is 557 g/mol. The number of carboxylic acids is 1. The van der Waals surface area contributed by atoms with Gasteiger partial charge < -0.3 is 25.0 Å². The Kier molecular flexibility index (Phi) is 9.63. The molecule has 1 aliphatic rings. The lowest BCUT2D eigenvalue weighted by Crippen LogP contribution is -2.56. The number of hydrogen-bond acceptors (Lipinski definition) is 7. The van der Waals surface area contributed by atoms with E-state index in [-0.39, 0.29) is 51.3 Å². The molecule has 3 amide bonds. The first kappa shape index (κ1) is 27.8. The number of pyridine rings is 1. The van der Waals surface area contributed by atoms with Crippen molar-refractivity contribution in [3.63, 3.8) is 0 Å². The van der Waals surface area contributed by atoms with E-state index in [4.69, 9.17) is 33.0 Å². The number of aliphatic carboxylic acids is 1. The van der Waals surface area contributed by atoms with E-state index in [1.807, 2.05) is 6.26 Å². The predicted molar refractivity (Wildman–Crippen MR) is 137 cm³/mol. The number of carbonyl (C=O) groups excluding carboxylic acids is 3. The van der Waals surface area contributed by atoms with Crippen molar-refractivity contribution in [1.29, 1.82) is 0 Å². The molecule has 13 heteroatoms. The summed E-state index contributed by atoms with van der Waals surface area (Å²) in [5.74, 6) is -2.14. The molecule has 1 atom stereocenters. The smallest absolute Gasteiger partial charge is 0.409 e. The standard InChI is InChI=1S/C23H26Cl2N4O6S/c1-3-35-23(34)29-8-6-28(7-9-29)22(33)15(4-5-19(30)31)27-21(32)17-12-18(36-2)20-14(25)10-13(24)11-16(20)26-17/h10-12,15H,3-9H2,1-2H3,(H,27,32)(H,30,31). The van der Waals surface area contributed by atoms with E-state index in [2.05, 4.69) is 10.3 Å². The van der Waals surface area contributed by atoms with Crippen molar-refractivity contribution in [3.05, 3.63) is 33.9 Å². The van der Waals surface area contributed by atoms with Crippen molar-refractivity contribution in [2.75, 3.05) is 39.0 Å². The summed E-state index contributed by atoms with van der Waals surface area (Å²) in [6.07, 6.45) is 0.966. The first-order chi connectivity index (χ1) is 17.1. The Bertz CT molecular complexity index is 1170. The van der Waals surface area contributed by atoms with Crippen molar-refractivity contribution in [3.8, 4) is 0 Å². The van der Waals surface area contributed by atoms with Gasteiger partial charge in [-0.25, -0.2) is 9.78 Å². The van der Waals surface area contributed by atoms with Gasteiger partial charge in [0, 0.05) is 47.9 Å². The van der Waals surface area contributed by atoms with Crippen LogP contribution in [0.3, 0.4) is 0 Å². The highest BCUT2D eigenvalue weighted by Gasteiger charge is 2.31. The number of rotatable bonds is 8. The molecule has 1 aromatic heterocycles. The van der Waals surface area contributed by atoms with Crippen molar-refractivity contribution in [2.45, 2.75) is 30.7 Å². The molecule has 1 aliphatic heterocycles. The summed E-state index contributed by atoms with van der Waals surface area (Å²) in [6, 6.07) is 3.67. The number of amides is 3.